The molecule has 1 aliphatic rings. The monoisotopic (exact) mass is 452 g/mol. The normalized spacial score (nSPS) is 13.9. The summed E-state index contributed by atoms with van der Waals surface area (Å²) in [6.45, 7) is 9.70. The molecule has 0 saturated heterocycles. The van der Waals surface area contributed by atoms with E-state index >= 15 is 0 Å². The van der Waals surface area contributed by atoms with Crippen LogP contribution in [-0.2, 0) is 0 Å². The number of aryl methyl sites for hydroxylation is 2. The van der Waals surface area contributed by atoms with Gasteiger partial charge >= 0.3 is 0 Å². The van der Waals surface area contributed by atoms with Gasteiger partial charge in [-0.15, -0.1) is 11.8 Å². The lowest BCUT2D eigenvalue weighted by Gasteiger charge is -2.38. The van der Waals surface area contributed by atoms with Gasteiger partial charge < -0.3 is 4.74 Å². The summed E-state index contributed by atoms with van der Waals surface area (Å²) in [6, 6.07) is 17.1. The number of allylic oxidation sites excluding steroid dienone is 1. The van der Waals surface area contributed by atoms with E-state index in [1.54, 1.807) is 7.11 Å². The van der Waals surface area contributed by atoms with Crippen molar-refractivity contribution in [3.8, 4) is 5.75 Å². The van der Waals surface area contributed by atoms with Gasteiger partial charge in [0.15, 0.2) is 0 Å². The Bertz CT molecular complexity index is 1160. The largest absolute Gasteiger partial charge is 0.497 e. The van der Waals surface area contributed by atoms with E-state index in [4.69, 9.17) is 16.3 Å². The van der Waals surface area contributed by atoms with Crippen molar-refractivity contribution < 1.29 is 4.74 Å². The molecule has 0 spiro atoms. The number of rotatable bonds is 6. The van der Waals surface area contributed by atoms with E-state index in [0.717, 1.165) is 30.2 Å². The molecule has 0 bridgehead atoms. The highest BCUT2D eigenvalue weighted by molar-refractivity contribution is 8.03. The number of fused-ring (bicyclic) bond motifs is 1. The van der Waals surface area contributed by atoms with Gasteiger partial charge in [0.1, 0.15) is 5.75 Å². The number of thioether (sulfide) groups is 1. The summed E-state index contributed by atoms with van der Waals surface area (Å²) in [5.41, 5.74) is 6.05. The van der Waals surface area contributed by atoms with Gasteiger partial charge in [0.2, 0.25) is 0 Å². The maximum Gasteiger partial charge on any atom is 0.120 e. The van der Waals surface area contributed by atoms with Crippen LogP contribution in [0.5, 0.6) is 5.75 Å². The van der Waals surface area contributed by atoms with E-state index in [9.17, 15) is 0 Å². The van der Waals surface area contributed by atoms with E-state index in [-0.39, 0.29) is 0 Å². The minimum absolute atomic E-state index is 0.711. The van der Waals surface area contributed by atoms with Crippen molar-refractivity contribution in [1.29, 1.82) is 0 Å². The molecule has 1 heterocycles. The molecule has 0 N–H and O–H groups in total. The van der Waals surface area contributed by atoms with Crippen LogP contribution in [0.15, 0.2) is 53.4 Å². The lowest BCUT2D eigenvalue weighted by Crippen LogP contribution is -2.41. The van der Waals surface area contributed by atoms with Crippen molar-refractivity contribution in [2.75, 3.05) is 24.5 Å². The third-order valence-electron chi connectivity index (χ3n) is 5.76. The summed E-state index contributed by atoms with van der Waals surface area (Å²) in [4.78, 5) is 1.28. The predicted octanol–water partition coefficient (Wildman–Crippen LogP) is 7.65. The third kappa shape index (κ3) is 4.11. The minimum atomic E-state index is 0.711. The Morgan fingerprint density at radius 3 is 2.58 bits per heavy atom. The summed E-state index contributed by atoms with van der Waals surface area (Å²) in [5, 5.41) is 8.13. The molecule has 4 rings (SSSR count). The van der Waals surface area contributed by atoms with Crippen LogP contribution < -0.4 is 9.75 Å². The number of nitrogens with zero attached hydrogens (tertiary/aromatic N) is 2. The van der Waals surface area contributed by atoms with E-state index in [0.29, 0.717) is 5.02 Å². The van der Waals surface area contributed by atoms with Gasteiger partial charge in [-0.3, -0.25) is 10.0 Å². The Balaban J connectivity index is 1.86. The number of hydrogen-bond acceptors (Lipinski definition) is 4. The molecule has 0 amide bonds. The average molecular weight is 453 g/mol. The molecule has 3 aromatic carbocycles. The van der Waals surface area contributed by atoms with Crippen molar-refractivity contribution in [1.82, 2.24) is 5.01 Å². The second-order valence-corrected chi connectivity index (χ2v) is 9.57. The summed E-state index contributed by atoms with van der Waals surface area (Å²) in [6.07, 6.45) is 1.05. The number of benzene rings is 3. The molecule has 0 atom stereocenters. The van der Waals surface area contributed by atoms with Crippen LogP contribution in [0.2, 0.25) is 5.02 Å². The Kier molecular flexibility index (Phi) is 6.40. The molecular weight excluding hydrogens is 424 g/mol. The van der Waals surface area contributed by atoms with Crippen molar-refractivity contribution in [2.45, 2.75) is 34.1 Å². The molecule has 0 unspecified atom stereocenters. The first-order chi connectivity index (χ1) is 14.9. The fourth-order valence-corrected chi connectivity index (χ4v) is 5.45. The lowest BCUT2D eigenvalue weighted by molar-refractivity contribution is 0.413. The first-order valence-corrected chi connectivity index (χ1v) is 12.0. The Morgan fingerprint density at radius 2 is 1.87 bits per heavy atom. The van der Waals surface area contributed by atoms with Crippen molar-refractivity contribution in [3.63, 3.8) is 0 Å². The molecule has 0 saturated carbocycles. The third-order valence-corrected chi connectivity index (χ3v) is 7.07. The number of anilines is 1. The minimum Gasteiger partial charge on any atom is -0.497 e. The van der Waals surface area contributed by atoms with E-state index in [1.165, 1.54) is 38.2 Å². The van der Waals surface area contributed by atoms with Gasteiger partial charge in [0, 0.05) is 22.4 Å². The molecule has 31 heavy (non-hydrogen) atoms. The summed E-state index contributed by atoms with van der Waals surface area (Å²) in [5.74, 6) is 1.64. The molecule has 3 aromatic rings. The predicted molar refractivity (Wildman–Crippen MR) is 136 cm³/mol. The van der Waals surface area contributed by atoms with Crippen LogP contribution in [0, 0.1) is 13.8 Å². The molecule has 0 aliphatic carbocycles. The lowest BCUT2D eigenvalue weighted by atomic mass is 10.0. The van der Waals surface area contributed by atoms with Crippen LogP contribution >= 0.6 is 23.4 Å². The van der Waals surface area contributed by atoms with E-state index in [2.05, 4.69) is 74.1 Å². The van der Waals surface area contributed by atoms with Crippen LogP contribution in [0.3, 0.4) is 0 Å². The fourth-order valence-electron chi connectivity index (χ4n) is 4.26. The van der Waals surface area contributed by atoms with Crippen LogP contribution in [0.4, 0.5) is 5.69 Å². The van der Waals surface area contributed by atoms with Crippen LogP contribution in [-0.4, -0.2) is 24.5 Å². The van der Waals surface area contributed by atoms with E-state index in [1.807, 2.05) is 23.9 Å². The van der Waals surface area contributed by atoms with Gasteiger partial charge in [-0.05, 0) is 56.3 Å². The van der Waals surface area contributed by atoms with Gasteiger partial charge in [-0.2, -0.15) is 0 Å². The fraction of sp³-hybridized carbons (Fsp3) is 0.308. The topological polar surface area (TPSA) is 15.7 Å². The van der Waals surface area contributed by atoms with Crippen molar-refractivity contribution >= 4 is 45.5 Å². The highest BCUT2D eigenvalue weighted by Crippen LogP contribution is 2.44. The molecule has 1 aliphatic heterocycles. The Morgan fingerprint density at radius 1 is 1.06 bits per heavy atom. The van der Waals surface area contributed by atoms with Crippen LogP contribution in [0.1, 0.15) is 37.0 Å². The smallest absolute Gasteiger partial charge is 0.120 e. The first-order valence-electron chi connectivity index (χ1n) is 10.7. The second-order valence-electron chi connectivity index (χ2n) is 8.00. The van der Waals surface area contributed by atoms with Crippen molar-refractivity contribution in [3.05, 3.63) is 75.1 Å². The van der Waals surface area contributed by atoms with Crippen molar-refractivity contribution in [2.24, 2.45) is 0 Å². The number of hydrogen-bond donors (Lipinski definition) is 0. The SMILES string of the molecule is CCCN(c1c(C)ccc2cc(C)ccc12)N1CSC(C)=C1c1ccc(OC)cc1Cl. The molecule has 3 nitrogen and oxygen atoms in total. The maximum absolute atomic E-state index is 6.72. The van der Waals surface area contributed by atoms with Gasteiger partial charge in [0.25, 0.3) is 0 Å². The summed E-state index contributed by atoms with van der Waals surface area (Å²) >= 11 is 8.59. The standard InChI is InChI=1S/C26H29ClN2OS/c1-6-13-28(25-18(3)8-9-20-14-17(2)7-11-22(20)25)29-16-31-19(4)26(29)23-12-10-21(30-5)15-24(23)27/h7-12,14-15H,6,13,16H2,1-5H3. The molecule has 0 fully saturated rings. The molecule has 5 heteroatoms. The maximum atomic E-state index is 6.72. The summed E-state index contributed by atoms with van der Waals surface area (Å²) < 4.78 is 5.37. The quantitative estimate of drug-likeness (QED) is 0.381. The molecule has 162 valence electrons. The number of halogens is 1. The number of methoxy groups -OCH3 is 1. The first kappa shape index (κ1) is 21.9. The van der Waals surface area contributed by atoms with Gasteiger partial charge in [-0.25, -0.2) is 0 Å². The Hall–Kier alpha value is -2.30. The Labute approximate surface area is 194 Å². The molecular formula is C26H29ClN2OS. The highest BCUT2D eigenvalue weighted by atomic mass is 35.5. The zero-order chi connectivity index (χ0) is 22.1. The zero-order valence-corrected chi connectivity index (χ0v) is 20.4. The number of hydrazine groups is 1. The van der Waals surface area contributed by atoms with Gasteiger partial charge in [0.05, 0.1) is 29.4 Å². The van der Waals surface area contributed by atoms with E-state index < -0.39 is 0 Å². The summed E-state index contributed by atoms with van der Waals surface area (Å²) in [7, 11) is 1.67. The second kappa shape index (κ2) is 9.05. The average Bonchev–Trinajstić information content (AvgIpc) is 3.13. The highest BCUT2D eigenvalue weighted by Gasteiger charge is 2.30. The molecule has 0 aromatic heterocycles. The van der Waals surface area contributed by atoms with Gasteiger partial charge in [-0.1, -0.05) is 54.4 Å². The number of ether oxygens (including phenoxy) is 1. The van der Waals surface area contributed by atoms with Crippen LogP contribution in [0.25, 0.3) is 16.5 Å². The zero-order valence-electron chi connectivity index (χ0n) is 18.8. The molecule has 0 radical (unpaired) electrons.